The fourth-order valence-corrected chi connectivity index (χ4v) is 1.16. The van der Waals surface area contributed by atoms with Crippen molar-refractivity contribution in [3.05, 3.63) is 12.2 Å². The molecule has 0 saturated heterocycles. The fraction of sp³-hybridized carbons (Fsp3) is 0.750. The summed E-state index contributed by atoms with van der Waals surface area (Å²) >= 11 is 0. The van der Waals surface area contributed by atoms with Crippen LogP contribution >= 0.6 is 0 Å². The molecule has 0 aliphatic heterocycles. The van der Waals surface area contributed by atoms with Gasteiger partial charge in [0.05, 0.1) is 6.10 Å². The molecule has 0 fully saturated rings. The molecule has 15 heavy (non-hydrogen) atoms. The molecule has 0 aromatic heterocycles. The maximum atomic E-state index is 10.2. The van der Waals surface area contributed by atoms with Gasteiger partial charge < -0.3 is 10.2 Å². The Balaban J connectivity index is 3.35. The largest absolute Gasteiger partial charge is 0.481 e. The zero-order chi connectivity index (χ0) is 11.7. The smallest absolute Gasteiger partial charge is 0.303 e. The van der Waals surface area contributed by atoms with Crippen molar-refractivity contribution in [3.8, 4) is 0 Å². The van der Waals surface area contributed by atoms with Crippen molar-refractivity contribution in [1.82, 2.24) is 0 Å². The SMILES string of the molecule is C[C@H](O)[C@H](C)CC=CCCCCC(=O)O. The molecular formula is C12H22O3. The van der Waals surface area contributed by atoms with E-state index in [1.807, 2.05) is 6.92 Å². The number of carbonyl (C=O) groups is 1. The second-order valence-corrected chi connectivity index (χ2v) is 4.06. The molecule has 0 bridgehead atoms. The summed E-state index contributed by atoms with van der Waals surface area (Å²) in [4.78, 5) is 10.2. The number of rotatable bonds is 8. The number of aliphatic hydroxyl groups is 1. The lowest BCUT2D eigenvalue weighted by atomic mass is 10.0. The van der Waals surface area contributed by atoms with Gasteiger partial charge in [-0.1, -0.05) is 19.1 Å². The van der Waals surface area contributed by atoms with E-state index >= 15 is 0 Å². The van der Waals surface area contributed by atoms with Gasteiger partial charge >= 0.3 is 5.97 Å². The van der Waals surface area contributed by atoms with Gasteiger partial charge in [-0.3, -0.25) is 4.79 Å². The van der Waals surface area contributed by atoms with Crippen LogP contribution in [0.3, 0.4) is 0 Å². The second kappa shape index (κ2) is 8.48. The van der Waals surface area contributed by atoms with Gasteiger partial charge in [-0.2, -0.15) is 0 Å². The minimum absolute atomic E-state index is 0.262. The fourth-order valence-electron chi connectivity index (χ4n) is 1.16. The van der Waals surface area contributed by atoms with Gasteiger partial charge in [0.1, 0.15) is 0 Å². The molecule has 88 valence electrons. The molecule has 2 N–H and O–H groups in total. The Morgan fingerprint density at radius 3 is 2.47 bits per heavy atom. The lowest BCUT2D eigenvalue weighted by Crippen LogP contribution is -2.11. The van der Waals surface area contributed by atoms with Crippen LogP contribution in [0, 0.1) is 5.92 Å². The van der Waals surface area contributed by atoms with Crippen molar-refractivity contribution < 1.29 is 15.0 Å². The average Bonchev–Trinajstić information content (AvgIpc) is 2.15. The van der Waals surface area contributed by atoms with E-state index < -0.39 is 5.97 Å². The number of hydrogen-bond acceptors (Lipinski definition) is 2. The minimum Gasteiger partial charge on any atom is -0.481 e. The van der Waals surface area contributed by atoms with Gasteiger partial charge in [0.25, 0.3) is 0 Å². The number of allylic oxidation sites excluding steroid dienone is 2. The first-order valence-electron chi connectivity index (χ1n) is 5.59. The Hall–Kier alpha value is -0.830. The van der Waals surface area contributed by atoms with Crippen LogP contribution < -0.4 is 0 Å². The molecule has 0 amide bonds. The van der Waals surface area contributed by atoms with Gasteiger partial charge in [-0.15, -0.1) is 0 Å². The normalized spacial score (nSPS) is 15.4. The number of aliphatic carboxylic acids is 1. The first-order chi connectivity index (χ1) is 7.04. The molecule has 0 rings (SSSR count). The number of unbranched alkanes of at least 4 members (excludes halogenated alkanes) is 2. The van der Waals surface area contributed by atoms with Gasteiger partial charge in [-0.25, -0.2) is 0 Å². The van der Waals surface area contributed by atoms with Crippen LogP contribution in [-0.4, -0.2) is 22.3 Å². The molecule has 0 radical (unpaired) electrons. The van der Waals surface area contributed by atoms with Gasteiger partial charge in [0.2, 0.25) is 0 Å². The second-order valence-electron chi connectivity index (χ2n) is 4.06. The van der Waals surface area contributed by atoms with E-state index in [4.69, 9.17) is 5.11 Å². The van der Waals surface area contributed by atoms with Crippen LogP contribution in [0.4, 0.5) is 0 Å². The van der Waals surface area contributed by atoms with Crippen LogP contribution in [0.25, 0.3) is 0 Å². The Kier molecular flexibility index (Phi) is 8.01. The van der Waals surface area contributed by atoms with E-state index in [1.54, 1.807) is 6.92 Å². The molecular weight excluding hydrogens is 192 g/mol. The summed E-state index contributed by atoms with van der Waals surface area (Å²) in [5, 5.41) is 17.6. The highest BCUT2D eigenvalue weighted by Crippen LogP contribution is 2.09. The number of hydrogen-bond donors (Lipinski definition) is 2. The van der Waals surface area contributed by atoms with Crippen molar-refractivity contribution >= 4 is 5.97 Å². The summed E-state index contributed by atoms with van der Waals surface area (Å²) in [6.07, 6.45) is 7.62. The Labute approximate surface area is 91.8 Å². The highest BCUT2D eigenvalue weighted by molar-refractivity contribution is 5.66. The molecule has 0 unspecified atom stereocenters. The molecule has 0 aliphatic carbocycles. The molecule has 2 atom stereocenters. The Bertz CT molecular complexity index is 197. The van der Waals surface area contributed by atoms with Crippen LogP contribution in [0.1, 0.15) is 46.0 Å². The van der Waals surface area contributed by atoms with Gasteiger partial charge in [-0.05, 0) is 38.5 Å². The van der Waals surface area contributed by atoms with E-state index in [1.165, 1.54) is 0 Å². The molecule has 0 aromatic carbocycles. The maximum absolute atomic E-state index is 10.2. The van der Waals surface area contributed by atoms with Crippen LogP contribution in [0.15, 0.2) is 12.2 Å². The predicted molar refractivity (Wildman–Crippen MR) is 60.7 cm³/mol. The average molecular weight is 214 g/mol. The molecule has 3 heteroatoms. The monoisotopic (exact) mass is 214 g/mol. The summed E-state index contributed by atoms with van der Waals surface area (Å²) in [6, 6.07) is 0. The molecule has 0 aromatic rings. The predicted octanol–water partition coefficient (Wildman–Crippen LogP) is 2.59. The minimum atomic E-state index is -0.721. The van der Waals surface area contributed by atoms with Gasteiger partial charge in [0.15, 0.2) is 0 Å². The lowest BCUT2D eigenvalue weighted by molar-refractivity contribution is -0.137. The molecule has 0 saturated carbocycles. The summed E-state index contributed by atoms with van der Waals surface area (Å²) < 4.78 is 0. The van der Waals surface area contributed by atoms with Crippen LogP contribution in [0.5, 0.6) is 0 Å². The Morgan fingerprint density at radius 2 is 1.93 bits per heavy atom. The number of carboxylic acid groups (broad SMARTS) is 1. The van der Waals surface area contributed by atoms with E-state index in [-0.39, 0.29) is 12.5 Å². The Morgan fingerprint density at radius 1 is 1.27 bits per heavy atom. The van der Waals surface area contributed by atoms with Crippen molar-refractivity contribution in [2.75, 3.05) is 0 Å². The third-order valence-electron chi connectivity index (χ3n) is 2.51. The van der Waals surface area contributed by atoms with Crippen molar-refractivity contribution in [1.29, 1.82) is 0 Å². The zero-order valence-corrected chi connectivity index (χ0v) is 9.65. The van der Waals surface area contributed by atoms with Crippen molar-refractivity contribution in [2.24, 2.45) is 5.92 Å². The third-order valence-corrected chi connectivity index (χ3v) is 2.51. The zero-order valence-electron chi connectivity index (χ0n) is 9.65. The first kappa shape index (κ1) is 14.2. The van der Waals surface area contributed by atoms with Crippen LogP contribution in [-0.2, 0) is 4.79 Å². The number of carboxylic acids is 1. The first-order valence-corrected chi connectivity index (χ1v) is 5.59. The molecule has 3 nitrogen and oxygen atoms in total. The lowest BCUT2D eigenvalue weighted by Gasteiger charge is -2.10. The van der Waals surface area contributed by atoms with E-state index in [9.17, 15) is 9.90 Å². The third kappa shape index (κ3) is 9.47. The van der Waals surface area contributed by atoms with Crippen molar-refractivity contribution in [2.45, 2.75) is 52.1 Å². The summed E-state index contributed by atoms with van der Waals surface area (Å²) in [5.41, 5.74) is 0. The van der Waals surface area contributed by atoms with E-state index in [2.05, 4.69) is 12.2 Å². The highest BCUT2D eigenvalue weighted by atomic mass is 16.4. The maximum Gasteiger partial charge on any atom is 0.303 e. The molecule has 0 aliphatic rings. The molecule has 0 heterocycles. The van der Waals surface area contributed by atoms with E-state index in [0.717, 1.165) is 25.7 Å². The van der Waals surface area contributed by atoms with Crippen molar-refractivity contribution in [3.63, 3.8) is 0 Å². The highest BCUT2D eigenvalue weighted by Gasteiger charge is 2.05. The van der Waals surface area contributed by atoms with Crippen LogP contribution in [0.2, 0.25) is 0 Å². The van der Waals surface area contributed by atoms with Gasteiger partial charge in [0, 0.05) is 6.42 Å². The summed E-state index contributed by atoms with van der Waals surface area (Å²) in [6.45, 7) is 3.81. The summed E-state index contributed by atoms with van der Waals surface area (Å²) in [5.74, 6) is -0.429. The standard InChI is InChI=1S/C12H22O3/c1-10(11(2)13)8-6-4-3-5-7-9-12(14)15/h4,6,10-11,13H,3,5,7-9H2,1-2H3,(H,14,15)/t10-,11+/m1/s1. The summed E-state index contributed by atoms with van der Waals surface area (Å²) in [7, 11) is 0. The number of aliphatic hydroxyl groups excluding tert-OH is 1. The molecule has 0 spiro atoms. The topological polar surface area (TPSA) is 57.5 Å². The quantitative estimate of drug-likeness (QED) is 0.482. The van der Waals surface area contributed by atoms with E-state index in [0.29, 0.717) is 5.92 Å².